The number of carbonyl (C=O) groups excluding carboxylic acids is 2. The van der Waals surface area contributed by atoms with Gasteiger partial charge in [0.25, 0.3) is 11.8 Å². The molecule has 1 aromatic heterocycles. The van der Waals surface area contributed by atoms with Gasteiger partial charge in [0.15, 0.2) is 5.76 Å². The van der Waals surface area contributed by atoms with Gasteiger partial charge in [0.2, 0.25) is 0 Å². The van der Waals surface area contributed by atoms with Crippen LogP contribution in [0.25, 0.3) is 0 Å². The quantitative estimate of drug-likeness (QED) is 0.910. The minimum atomic E-state index is -0.428. The maximum atomic E-state index is 11.9. The van der Waals surface area contributed by atoms with Gasteiger partial charge >= 0.3 is 0 Å². The third-order valence-electron chi connectivity index (χ3n) is 2.56. The summed E-state index contributed by atoms with van der Waals surface area (Å²) < 4.78 is 5.00. The van der Waals surface area contributed by atoms with E-state index in [0.717, 1.165) is 0 Å². The van der Waals surface area contributed by atoms with Gasteiger partial charge in [-0.3, -0.25) is 9.59 Å². The molecule has 2 rings (SSSR count). The Bertz CT molecular complexity index is 623. The van der Waals surface area contributed by atoms with E-state index < -0.39 is 5.91 Å². The van der Waals surface area contributed by atoms with Crippen LogP contribution in [0.5, 0.6) is 0 Å². The first-order valence-electron chi connectivity index (χ1n) is 6.04. The molecule has 1 aromatic carbocycles. The molecule has 20 heavy (non-hydrogen) atoms. The molecule has 0 atom stereocenters. The first kappa shape index (κ1) is 14.1. The van der Waals surface area contributed by atoms with Crippen molar-refractivity contribution >= 4 is 29.1 Å². The highest BCUT2D eigenvalue weighted by atomic mass is 35.5. The van der Waals surface area contributed by atoms with Gasteiger partial charge in [-0.1, -0.05) is 11.6 Å². The fourth-order valence-corrected chi connectivity index (χ4v) is 1.83. The number of halogens is 1. The van der Waals surface area contributed by atoms with Crippen LogP contribution < -0.4 is 10.6 Å². The molecule has 0 aliphatic carbocycles. The van der Waals surface area contributed by atoms with Crippen LogP contribution in [0.4, 0.5) is 5.69 Å². The van der Waals surface area contributed by atoms with E-state index in [9.17, 15) is 9.59 Å². The summed E-state index contributed by atoms with van der Waals surface area (Å²) in [7, 11) is 0. The zero-order chi connectivity index (χ0) is 14.5. The number of amides is 2. The third-order valence-corrected chi connectivity index (χ3v) is 2.79. The second kappa shape index (κ2) is 6.25. The Labute approximate surface area is 120 Å². The largest absolute Gasteiger partial charge is 0.459 e. The molecule has 2 aromatic rings. The number of carbonyl (C=O) groups is 2. The zero-order valence-corrected chi connectivity index (χ0v) is 11.5. The molecule has 104 valence electrons. The van der Waals surface area contributed by atoms with Crippen molar-refractivity contribution in [3.8, 4) is 0 Å². The SMILES string of the molecule is CCNC(=O)c1cc(Cl)ccc1NC(=O)c1ccco1. The summed E-state index contributed by atoms with van der Waals surface area (Å²) in [5, 5.41) is 5.71. The van der Waals surface area contributed by atoms with Crippen LogP contribution in [0.2, 0.25) is 5.02 Å². The zero-order valence-electron chi connectivity index (χ0n) is 10.8. The smallest absolute Gasteiger partial charge is 0.291 e. The van der Waals surface area contributed by atoms with Gasteiger partial charge in [-0.2, -0.15) is 0 Å². The molecule has 0 fully saturated rings. The number of nitrogens with one attached hydrogen (secondary N) is 2. The lowest BCUT2D eigenvalue weighted by Crippen LogP contribution is -2.24. The van der Waals surface area contributed by atoms with Crippen LogP contribution in [0.3, 0.4) is 0 Å². The van der Waals surface area contributed by atoms with E-state index in [1.165, 1.54) is 18.4 Å². The predicted molar refractivity (Wildman–Crippen MR) is 76.1 cm³/mol. The second-order valence-electron chi connectivity index (χ2n) is 3.98. The van der Waals surface area contributed by atoms with Crippen LogP contribution in [-0.4, -0.2) is 18.4 Å². The van der Waals surface area contributed by atoms with Gasteiger partial charge < -0.3 is 15.1 Å². The van der Waals surface area contributed by atoms with Crippen molar-refractivity contribution < 1.29 is 14.0 Å². The Morgan fingerprint density at radius 3 is 2.70 bits per heavy atom. The third kappa shape index (κ3) is 3.19. The molecule has 0 saturated carbocycles. The van der Waals surface area contributed by atoms with Crippen molar-refractivity contribution in [1.29, 1.82) is 0 Å². The Morgan fingerprint density at radius 1 is 1.25 bits per heavy atom. The highest BCUT2D eigenvalue weighted by Gasteiger charge is 2.15. The molecular weight excluding hydrogens is 280 g/mol. The van der Waals surface area contributed by atoms with Gasteiger partial charge in [-0.25, -0.2) is 0 Å². The highest BCUT2D eigenvalue weighted by Crippen LogP contribution is 2.21. The molecule has 0 unspecified atom stereocenters. The van der Waals surface area contributed by atoms with E-state index in [-0.39, 0.29) is 11.7 Å². The van der Waals surface area contributed by atoms with Crippen LogP contribution >= 0.6 is 11.6 Å². The molecule has 2 amide bonds. The van der Waals surface area contributed by atoms with Gasteiger partial charge in [0.1, 0.15) is 0 Å². The van der Waals surface area contributed by atoms with Crippen LogP contribution in [-0.2, 0) is 0 Å². The molecule has 1 heterocycles. The summed E-state index contributed by atoms with van der Waals surface area (Å²) in [4.78, 5) is 23.9. The molecule has 2 N–H and O–H groups in total. The normalized spacial score (nSPS) is 10.1. The van der Waals surface area contributed by atoms with E-state index in [1.54, 1.807) is 18.2 Å². The van der Waals surface area contributed by atoms with Crippen molar-refractivity contribution in [1.82, 2.24) is 5.32 Å². The average molecular weight is 293 g/mol. The maximum absolute atomic E-state index is 11.9. The maximum Gasteiger partial charge on any atom is 0.291 e. The number of hydrogen-bond acceptors (Lipinski definition) is 3. The van der Waals surface area contributed by atoms with E-state index in [2.05, 4.69) is 10.6 Å². The van der Waals surface area contributed by atoms with Crippen LogP contribution in [0.1, 0.15) is 27.8 Å². The van der Waals surface area contributed by atoms with Gasteiger partial charge in [0.05, 0.1) is 17.5 Å². The lowest BCUT2D eigenvalue weighted by Gasteiger charge is -2.10. The van der Waals surface area contributed by atoms with Crippen molar-refractivity contribution in [2.45, 2.75) is 6.92 Å². The first-order chi connectivity index (χ1) is 9.61. The van der Waals surface area contributed by atoms with Crippen LogP contribution in [0, 0.1) is 0 Å². The second-order valence-corrected chi connectivity index (χ2v) is 4.42. The fourth-order valence-electron chi connectivity index (χ4n) is 1.66. The monoisotopic (exact) mass is 292 g/mol. The molecular formula is C14H13ClN2O3. The van der Waals surface area contributed by atoms with Crippen molar-refractivity contribution in [2.75, 3.05) is 11.9 Å². The Hall–Kier alpha value is -2.27. The summed E-state index contributed by atoms with van der Waals surface area (Å²) in [5.74, 6) is -0.561. The lowest BCUT2D eigenvalue weighted by molar-refractivity contribution is 0.0956. The summed E-state index contributed by atoms with van der Waals surface area (Å²) >= 11 is 5.89. The van der Waals surface area contributed by atoms with Crippen molar-refractivity contribution in [2.24, 2.45) is 0 Å². The number of anilines is 1. The Kier molecular flexibility index (Phi) is 4.42. The molecule has 0 bridgehead atoms. The van der Waals surface area contributed by atoms with Crippen LogP contribution in [0.15, 0.2) is 41.0 Å². The molecule has 0 spiro atoms. The van der Waals surface area contributed by atoms with E-state index in [1.807, 2.05) is 6.92 Å². The summed E-state index contributed by atoms with van der Waals surface area (Å²) in [6.07, 6.45) is 1.40. The van der Waals surface area contributed by atoms with Gasteiger partial charge in [-0.05, 0) is 37.3 Å². The highest BCUT2D eigenvalue weighted by molar-refractivity contribution is 6.31. The van der Waals surface area contributed by atoms with E-state index in [4.69, 9.17) is 16.0 Å². The van der Waals surface area contributed by atoms with E-state index in [0.29, 0.717) is 22.8 Å². The number of benzene rings is 1. The number of rotatable bonds is 4. The van der Waals surface area contributed by atoms with Gasteiger partial charge in [0, 0.05) is 11.6 Å². The molecule has 0 saturated heterocycles. The Morgan fingerprint density at radius 2 is 2.05 bits per heavy atom. The first-order valence-corrected chi connectivity index (χ1v) is 6.42. The minimum Gasteiger partial charge on any atom is -0.459 e. The number of furan rings is 1. The number of hydrogen-bond donors (Lipinski definition) is 2. The molecule has 6 heteroatoms. The fraction of sp³-hybridized carbons (Fsp3) is 0.143. The van der Waals surface area contributed by atoms with Crippen molar-refractivity contribution in [3.05, 3.63) is 52.9 Å². The molecule has 5 nitrogen and oxygen atoms in total. The lowest BCUT2D eigenvalue weighted by atomic mass is 10.1. The topological polar surface area (TPSA) is 71.3 Å². The summed E-state index contributed by atoms with van der Waals surface area (Å²) in [6, 6.07) is 7.83. The molecule has 0 aliphatic rings. The summed E-state index contributed by atoms with van der Waals surface area (Å²) in [5.41, 5.74) is 0.681. The van der Waals surface area contributed by atoms with Crippen molar-refractivity contribution in [3.63, 3.8) is 0 Å². The molecule has 0 radical (unpaired) electrons. The van der Waals surface area contributed by atoms with E-state index >= 15 is 0 Å². The minimum absolute atomic E-state index is 0.168. The standard InChI is InChI=1S/C14H13ClN2O3/c1-2-16-13(18)10-8-9(15)5-6-11(10)17-14(19)12-4-3-7-20-12/h3-8H,2H2,1H3,(H,16,18)(H,17,19). The Balaban J connectivity index is 2.27. The predicted octanol–water partition coefficient (Wildman–Crippen LogP) is 2.94. The van der Waals surface area contributed by atoms with Gasteiger partial charge in [-0.15, -0.1) is 0 Å². The molecule has 0 aliphatic heterocycles. The average Bonchev–Trinajstić information content (AvgIpc) is 2.95. The summed E-state index contributed by atoms with van der Waals surface area (Å²) in [6.45, 7) is 2.29.